The third-order valence-corrected chi connectivity index (χ3v) is 4.89. The number of hydrogen-bond donors (Lipinski definition) is 1. The third kappa shape index (κ3) is 7.63. The average molecular weight is 420 g/mol. The molecule has 0 spiro atoms. The van der Waals surface area contributed by atoms with Gasteiger partial charge in [-0.3, -0.25) is 9.59 Å². The van der Waals surface area contributed by atoms with Gasteiger partial charge in [-0.15, -0.1) is 11.8 Å². The number of esters is 1. The third-order valence-electron chi connectivity index (χ3n) is 3.82. The van der Waals surface area contributed by atoms with Crippen molar-refractivity contribution in [1.29, 1.82) is 0 Å². The lowest BCUT2D eigenvalue weighted by Crippen LogP contribution is -2.30. The van der Waals surface area contributed by atoms with Crippen molar-refractivity contribution in [2.24, 2.45) is 0 Å². The zero-order chi connectivity index (χ0) is 21.1. The van der Waals surface area contributed by atoms with E-state index in [0.29, 0.717) is 29.4 Å². The number of nitrogens with zero attached hydrogens (tertiary/aromatic N) is 1. The molecule has 8 nitrogen and oxygen atoms in total. The van der Waals surface area contributed by atoms with E-state index in [0.717, 1.165) is 0 Å². The molecule has 2 aromatic rings. The Morgan fingerprint density at radius 1 is 1.17 bits per heavy atom. The minimum absolute atomic E-state index is 0.152. The molecule has 0 bridgehead atoms. The Bertz CT molecular complexity index is 809. The van der Waals surface area contributed by atoms with Gasteiger partial charge in [0.15, 0.2) is 6.61 Å². The predicted molar refractivity (Wildman–Crippen MR) is 108 cm³/mol. The molecule has 0 saturated carbocycles. The standard InChI is InChI=1S/C20H24N2O6S/c1-22(12-15-6-5-10-27-15)19(24)13-28-20(25)16-7-3-4-8-17(16)29-14-18(23)21-9-11-26-2/h3-8,10H,9,11-14H2,1-2H3,(H,21,23). The second-order valence-electron chi connectivity index (χ2n) is 6.03. The summed E-state index contributed by atoms with van der Waals surface area (Å²) in [7, 11) is 3.16. The number of amides is 2. The summed E-state index contributed by atoms with van der Waals surface area (Å²) in [6.45, 7) is 0.759. The molecule has 9 heteroatoms. The number of nitrogens with one attached hydrogen (secondary N) is 1. The Kier molecular flexibility index (Phi) is 9.26. The van der Waals surface area contributed by atoms with Crippen LogP contribution in [0.4, 0.5) is 0 Å². The maximum atomic E-state index is 12.4. The lowest BCUT2D eigenvalue weighted by atomic mass is 10.2. The number of methoxy groups -OCH3 is 1. The van der Waals surface area contributed by atoms with E-state index in [1.807, 2.05) is 0 Å². The van der Waals surface area contributed by atoms with Gasteiger partial charge in [0.25, 0.3) is 5.91 Å². The number of hydrogen-bond acceptors (Lipinski definition) is 7. The van der Waals surface area contributed by atoms with E-state index in [4.69, 9.17) is 13.9 Å². The highest BCUT2D eigenvalue weighted by Crippen LogP contribution is 2.23. The van der Waals surface area contributed by atoms with E-state index in [2.05, 4.69) is 5.32 Å². The SMILES string of the molecule is COCCNC(=O)CSc1ccccc1C(=O)OCC(=O)N(C)Cc1ccco1. The smallest absolute Gasteiger partial charge is 0.339 e. The van der Waals surface area contributed by atoms with Gasteiger partial charge in [-0.05, 0) is 24.3 Å². The van der Waals surface area contributed by atoms with Crippen molar-refractivity contribution in [2.45, 2.75) is 11.4 Å². The minimum Gasteiger partial charge on any atom is -0.467 e. The van der Waals surface area contributed by atoms with Crippen LogP contribution >= 0.6 is 11.8 Å². The summed E-state index contributed by atoms with van der Waals surface area (Å²) >= 11 is 1.22. The first-order valence-corrected chi connectivity index (χ1v) is 9.90. The summed E-state index contributed by atoms with van der Waals surface area (Å²) < 4.78 is 15.2. The van der Waals surface area contributed by atoms with Crippen LogP contribution in [-0.4, -0.2) is 62.4 Å². The predicted octanol–water partition coefficient (Wildman–Crippen LogP) is 1.95. The zero-order valence-corrected chi connectivity index (χ0v) is 17.2. The van der Waals surface area contributed by atoms with Gasteiger partial charge in [-0.2, -0.15) is 0 Å². The molecule has 0 atom stereocenters. The summed E-state index contributed by atoms with van der Waals surface area (Å²) in [5, 5.41) is 2.71. The van der Waals surface area contributed by atoms with Gasteiger partial charge < -0.3 is 24.1 Å². The highest BCUT2D eigenvalue weighted by molar-refractivity contribution is 8.00. The molecule has 1 N–H and O–H groups in total. The molecule has 2 amide bonds. The van der Waals surface area contributed by atoms with E-state index >= 15 is 0 Å². The highest BCUT2D eigenvalue weighted by atomic mass is 32.2. The summed E-state index contributed by atoms with van der Waals surface area (Å²) in [6.07, 6.45) is 1.53. The van der Waals surface area contributed by atoms with E-state index in [1.54, 1.807) is 50.6 Å². The fourth-order valence-corrected chi connectivity index (χ4v) is 3.16. The second kappa shape index (κ2) is 11.9. The molecule has 0 aliphatic carbocycles. The maximum Gasteiger partial charge on any atom is 0.339 e. The van der Waals surface area contributed by atoms with Crippen LogP contribution in [0.5, 0.6) is 0 Å². The van der Waals surface area contributed by atoms with Crippen molar-refractivity contribution in [3.63, 3.8) is 0 Å². The van der Waals surface area contributed by atoms with Crippen molar-refractivity contribution in [3.05, 3.63) is 54.0 Å². The lowest BCUT2D eigenvalue weighted by Gasteiger charge is -2.16. The van der Waals surface area contributed by atoms with Gasteiger partial charge in [-0.1, -0.05) is 12.1 Å². The van der Waals surface area contributed by atoms with Crippen LogP contribution in [0.25, 0.3) is 0 Å². The number of furan rings is 1. The second-order valence-corrected chi connectivity index (χ2v) is 7.05. The zero-order valence-electron chi connectivity index (χ0n) is 16.4. The first-order valence-electron chi connectivity index (χ1n) is 8.92. The molecule has 156 valence electrons. The van der Waals surface area contributed by atoms with Crippen molar-refractivity contribution >= 4 is 29.5 Å². The Balaban J connectivity index is 1.85. The van der Waals surface area contributed by atoms with E-state index in [1.165, 1.54) is 22.9 Å². The van der Waals surface area contributed by atoms with Gasteiger partial charge in [0.05, 0.1) is 30.7 Å². The van der Waals surface area contributed by atoms with Gasteiger partial charge in [0, 0.05) is 25.6 Å². The van der Waals surface area contributed by atoms with Crippen molar-refractivity contribution in [3.8, 4) is 0 Å². The molecule has 0 radical (unpaired) electrons. The number of likely N-dealkylation sites (N-methyl/N-ethyl adjacent to an activating group) is 1. The van der Waals surface area contributed by atoms with Crippen molar-refractivity contribution in [2.75, 3.05) is 39.7 Å². The van der Waals surface area contributed by atoms with Crippen LogP contribution < -0.4 is 5.32 Å². The van der Waals surface area contributed by atoms with Crippen molar-refractivity contribution < 1.29 is 28.3 Å². The number of rotatable bonds is 11. The quantitative estimate of drug-likeness (QED) is 0.337. The Morgan fingerprint density at radius 2 is 1.97 bits per heavy atom. The summed E-state index contributed by atoms with van der Waals surface area (Å²) in [6, 6.07) is 10.3. The molecule has 0 aliphatic heterocycles. The highest BCUT2D eigenvalue weighted by Gasteiger charge is 2.17. The minimum atomic E-state index is -0.618. The van der Waals surface area contributed by atoms with Gasteiger partial charge in [0.1, 0.15) is 5.76 Å². The van der Waals surface area contributed by atoms with Crippen LogP contribution in [-0.2, 0) is 25.6 Å². The van der Waals surface area contributed by atoms with Crippen LogP contribution in [0.1, 0.15) is 16.1 Å². The van der Waals surface area contributed by atoms with E-state index < -0.39 is 5.97 Å². The molecule has 0 fully saturated rings. The molecule has 2 rings (SSSR count). The Labute approximate surface area is 173 Å². The fourth-order valence-electron chi connectivity index (χ4n) is 2.29. The molecular weight excluding hydrogens is 396 g/mol. The largest absolute Gasteiger partial charge is 0.467 e. The van der Waals surface area contributed by atoms with E-state index in [-0.39, 0.29) is 30.7 Å². The molecule has 0 saturated heterocycles. The number of benzene rings is 1. The first-order chi connectivity index (χ1) is 14.0. The maximum absolute atomic E-state index is 12.4. The fraction of sp³-hybridized carbons (Fsp3) is 0.350. The van der Waals surface area contributed by atoms with Crippen LogP contribution in [0.2, 0.25) is 0 Å². The molecule has 1 aromatic carbocycles. The molecule has 1 aromatic heterocycles. The topological polar surface area (TPSA) is 98.1 Å². The summed E-state index contributed by atoms with van der Waals surface area (Å²) in [5.41, 5.74) is 0.309. The van der Waals surface area contributed by atoms with Gasteiger partial charge in [-0.25, -0.2) is 4.79 Å². The average Bonchev–Trinajstić information content (AvgIpc) is 3.23. The number of thioether (sulfide) groups is 1. The molecule has 29 heavy (non-hydrogen) atoms. The van der Waals surface area contributed by atoms with Gasteiger partial charge >= 0.3 is 5.97 Å². The van der Waals surface area contributed by atoms with Crippen LogP contribution in [0.15, 0.2) is 52.0 Å². The lowest BCUT2D eigenvalue weighted by molar-refractivity contribution is -0.134. The van der Waals surface area contributed by atoms with Crippen molar-refractivity contribution in [1.82, 2.24) is 10.2 Å². The summed E-state index contributed by atoms with van der Waals surface area (Å²) in [5.74, 6) is -0.341. The Morgan fingerprint density at radius 3 is 2.69 bits per heavy atom. The first kappa shape index (κ1) is 22.5. The summed E-state index contributed by atoms with van der Waals surface area (Å²) in [4.78, 5) is 38.4. The molecule has 1 heterocycles. The van der Waals surface area contributed by atoms with Crippen LogP contribution in [0.3, 0.4) is 0 Å². The Hall–Kier alpha value is -2.78. The van der Waals surface area contributed by atoms with Gasteiger partial charge in [0.2, 0.25) is 5.91 Å². The number of carbonyl (C=O) groups is 3. The molecule has 0 unspecified atom stereocenters. The molecular formula is C20H24N2O6S. The number of ether oxygens (including phenoxy) is 2. The molecule has 0 aliphatic rings. The number of carbonyl (C=O) groups excluding carboxylic acids is 3. The van der Waals surface area contributed by atoms with Crippen LogP contribution in [0, 0.1) is 0 Å². The monoisotopic (exact) mass is 420 g/mol. The van der Waals surface area contributed by atoms with E-state index in [9.17, 15) is 14.4 Å². The normalized spacial score (nSPS) is 10.4.